The van der Waals surface area contributed by atoms with Crippen molar-refractivity contribution in [2.45, 2.75) is 53.2 Å². The van der Waals surface area contributed by atoms with Gasteiger partial charge in [0.05, 0.1) is 29.9 Å². The smallest absolute Gasteiger partial charge is 0.248 e. The number of nitrogens with two attached hydrogens (primary N) is 1. The number of hydrogen-bond donors (Lipinski definition) is 2. The number of rotatable bonds is 9. The second-order valence-corrected chi connectivity index (χ2v) is 8.36. The minimum Gasteiger partial charge on any atom is -0.379 e. The Balaban J connectivity index is 1.80. The Labute approximate surface area is 188 Å². The number of aromatic nitrogens is 4. The molecule has 3 aromatic rings. The lowest BCUT2D eigenvalue weighted by molar-refractivity contribution is 0.0343. The highest BCUT2D eigenvalue weighted by Crippen LogP contribution is 2.29. The average Bonchev–Trinajstić information content (AvgIpc) is 3.29. The molecule has 1 amide bonds. The van der Waals surface area contributed by atoms with E-state index in [1.54, 1.807) is 6.07 Å². The summed E-state index contributed by atoms with van der Waals surface area (Å²) in [5.74, 6) is 1.23. The number of primary amides is 1. The fourth-order valence-electron chi connectivity index (χ4n) is 4.30. The van der Waals surface area contributed by atoms with Crippen molar-refractivity contribution in [3.05, 3.63) is 35.0 Å². The molecule has 0 spiro atoms. The highest BCUT2D eigenvalue weighted by atomic mass is 16.5. The maximum Gasteiger partial charge on any atom is 0.248 e. The zero-order chi connectivity index (χ0) is 22.7. The van der Waals surface area contributed by atoms with Gasteiger partial charge in [-0.15, -0.1) is 0 Å². The average molecular weight is 440 g/mol. The van der Waals surface area contributed by atoms with Crippen molar-refractivity contribution in [2.24, 2.45) is 5.73 Å². The second-order valence-electron chi connectivity index (χ2n) is 8.36. The van der Waals surface area contributed by atoms with Gasteiger partial charge in [-0.25, -0.2) is 9.67 Å². The fourth-order valence-corrected chi connectivity index (χ4v) is 4.30. The molecule has 1 aliphatic rings. The number of amides is 1. The number of anilines is 2. The van der Waals surface area contributed by atoms with Crippen molar-refractivity contribution >= 4 is 28.7 Å². The molecule has 32 heavy (non-hydrogen) atoms. The van der Waals surface area contributed by atoms with E-state index in [0.29, 0.717) is 5.56 Å². The van der Waals surface area contributed by atoms with Crippen LogP contribution in [0.3, 0.4) is 0 Å². The van der Waals surface area contributed by atoms with Gasteiger partial charge in [0, 0.05) is 44.4 Å². The van der Waals surface area contributed by atoms with Gasteiger partial charge in [-0.05, 0) is 37.5 Å². The van der Waals surface area contributed by atoms with E-state index in [9.17, 15) is 4.79 Å². The SMILES string of the molecule is CCCn1nc(C)cc1Nc1nc2cc(C(N)=O)cc(CN3CCOCC3)c2n1CCC. The lowest BCUT2D eigenvalue weighted by atomic mass is 10.1. The lowest BCUT2D eigenvalue weighted by Gasteiger charge is -2.27. The van der Waals surface area contributed by atoms with Crippen LogP contribution < -0.4 is 11.1 Å². The molecule has 9 heteroatoms. The minimum absolute atomic E-state index is 0.439. The molecule has 4 rings (SSSR count). The van der Waals surface area contributed by atoms with Crippen molar-refractivity contribution in [1.82, 2.24) is 24.2 Å². The number of benzene rings is 1. The third-order valence-electron chi connectivity index (χ3n) is 5.73. The Bertz CT molecular complexity index is 1100. The maximum atomic E-state index is 12.0. The number of nitrogens with zero attached hydrogens (tertiary/aromatic N) is 5. The van der Waals surface area contributed by atoms with Crippen LogP contribution in [-0.4, -0.2) is 56.4 Å². The molecule has 9 nitrogen and oxygen atoms in total. The van der Waals surface area contributed by atoms with Crippen LogP contribution in [0.15, 0.2) is 18.2 Å². The predicted octanol–water partition coefficient (Wildman–Crippen LogP) is 3.04. The van der Waals surface area contributed by atoms with Crippen molar-refractivity contribution in [1.29, 1.82) is 0 Å². The van der Waals surface area contributed by atoms with Gasteiger partial charge in [0.25, 0.3) is 0 Å². The van der Waals surface area contributed by atoms with Gasteiger partial charge in [0.2, 0.25) is 11.9 Å². The second kappa shape index (κ2) is 9.70. The normalized spacial score (nSPS) is 14.8. The van der Waals surface area contributed by atoms with Gasteiger partial charge in [-0.3, -0.25) is 9.69 Å². The Morgan fingerprint density at radius 1 is 1.16 bits per heavy atom. The maximum absolute atomic E-state index is 12.0. The van der Waals surface area contributed by atoms with Crippen molar-refractivity contribution in [3.8, 4) is 0 Å². The third kappa shape index (κ3) is 4.63. The van der Waals surface area contributed by atoms with Crippen LogP contribution in [0.4, 0.5) is 11.8 Å². The largest absolute Gasteiger partial charge is 0.379 e. The number of imidazole rings is 1. The number of carbonyl (C=O) groups is 1. The summed E-state index contributed by atoms with van der Waals surface area (Å²) in [4.78, 5) is 19.3. The Morgan fingerprint density at radius 2 is 1.91 bits per heavy atom. The van der Waals surface area contributed by atoms with Crippen molar-refractivity contribution < 1.29 is 9.53 Å². The van der Waals surface area contributed by atoms with Gasteiger partial charge >= 0.3 is 0 Å². The number of nitrogens with one attached hydrogen (secondary N) is 1. The van der Waals surface area contributed by atoms with E-state index in [1.807, 2.05) is 23.7 Å². The first kappa shape index (κ1) is 22.3. The fraction of sp³-hybridized carbons (Fsp3) is 0.522. The van der Waals surface area contributed by atoms with Crippen LogP contribution in [0.1, 0.15) is 48.3 Å². The van der Waals surface area contributed by atoms with Crippen molar-refractivity contribution in [3.63, 3.8) is 0 Å². The predicted molar refractivity (Wildman–Crippen MR) is 125 cm³/mol. The Kier molecular flexibility index (Phi) is 6.76. The zero-order valence-electron chi connectivity index (χ0n) is 19.2. The van der Waals surface area contributed by atoms with E-state index in [4.69, 9.17) is 15.5 Å². The standard InChI is InChI=1S/C23H33N7O2/c1-4-6-29-21-18(15-28-8-10-32-11-9-28)13-17(22(24)31)14-19(21)25-23(29)26-20-12-16(3)27-30(20)7-5-2/h12-14H,4-11,15H2,1-3H3,(H2,24,31)(H,25,26). The number of aryl methyl sites for hydroxylation is 3. The van der Waals surface area contributed by atoms with Crippen LogP contribution in [0.2, 0.25) is 0 Å². The topological polar surface area (TPSA) is 103 Å². The summed E-state index contributed by atoms with van der Waals surface area (Å²) < 4.78 is 9.70. The molecule has 0 aliphatic carbocycles. The van der Waals surface area contributed by atoms with E-state index in [0.717, 1.165) is 92.8 Å². The molecule has 2 aromatic heterocycles. The zero-order valence-corrected chi connectivity index (χ0v) is 19.2. The molecule has 1 aliphatic heterocycles. The quantitative estimate of drug-likeness (QED) is 0.531. The van der Waals surface area contributed by atoms with Crippen LogP contribution >= 0.6 is 0 Å². The summed E-state index contributed by atoms with van der Waals surface area (Å²) >= 11 is 0. The monoisotopic (exact) mass is 439 g/mol. The summed E-state index contributed by atoms with van der Waals surface area (Å²) in [6.07, 6.45) is 1.95. The van der Waals surface area contributed by atoms with Crippen LogP contribution in [0.5, 0.6) is 0 Å². The molecule has 0 unspecified atom stereocenters. The molecule has 0 saturated carbocycles. The van der Waals surface area contributed by atoms with Crippen LogP contribution in [0, 0.1) is 6.92 Å². The molecule has 1 fully saturated rings. The molecule has 0 atom stereocenters. The molecule has 3 heterocycles. The molecular formula is C23H33N7O2. The number of morpholine rings is 1. The van der Waals surface area contributed by atoms with Crippen molar-refractivity contribution in [2.75, 3.05) is 31.6 Å². The summed E-state index contributed by atoms with van der Waals surface area (Å²) in [5.41, 5.74) is 9.99. The first-order chi connectivity index (χ1) is 15.5. The van der Waals surface area contributed by atoms with E-state index in [-0.39, 0.29) is 0 Å². The van der Waals surface area contributed by atoms with E-state index in [1.165, 1.54) is 0 Å². The highest BCUT2D eigenvalue weighted by Gasteiger charge is 2.20. The van der Waals surface area contributed by atoms with Crippen LogP contribution in [0.25, 0.3) is 11.0 Å². The van der Waals surface area contributed by atoms with Crippen LogP contribution in [-0.2, 0) is 24.4 Å². The van der Waals surface area contributed by atoms with Gasteiger partial charge in [-0.2, -0.15) is 5.10 Å². The third-order valence-corrected chi connectivity index (χ3v) is 5.73. The van der Waals surface area contributed by atoms with Gasteiger partial charge in [0.1, 0.15) is 5.82 Å². The van der Waals surface area contributed by atoms with E-state index < -0.39 is 5.91 Å². The molecule has 0 bridgehead atoms. The Morgan fingerprint density at radius 3 is 2.59 bits per heavy atom. The highest BCUT2D eigenvalue weighted by molar-refractivity contribution is 5.98. The summed E-state index contributed by atoms with van der Waals surface area (Å²) in [5, 5.41) is 8.10. The van der Waals surface area contributed by atoms with Gasteiger partial charge in [0.15, 0.2) is 0 Å². The number of hydrogen-bond acceptors (Lipinski definition) is 6. The summed E-state index contributed by atoms with van der Waals surface area (Å²) in [6.45, 7) is 11.8. The molecular weight excluding hydrogens is 406 g/mol. The summed E-state index contributed by atoms with van der Waals surface area (Å²) in [6, 6.07) is 5.75. The number of fused-ring (bicyclic) bond motifs is 1. The lowest BCUT2D eigenvalue weighted by Crippen LogP contribution is -2.35. The van der Waals surface area contributed by atoms with E-state index >= 15 is 0 Å². The van der Waals surface area contributed by atoms with Gasteiger partial charge in [-0.1, -0.05) is 13.8 Å². The first-order valence-corrected chi connectivity index (χ1v) is 11.4. The summed E-state index contributed by atoms with van der Waals surface area (Å²) in [7, 11) is 0. The molecule has 1 aromatic carbocycles. The number of carbonyl (C=O) groups excluding carboxylic acids is 1. The molecule has 0 radical (unpaired) electrons. The minimum atomic E-state index is -0.439. The first-order valence-electron chi connectivity index (χ1n) is 11.4. The number of ether oxygens (including phenoxy) is 1. The van der Waals surface area contributed by atoms with Gasteiger partial charge < -0.3 is 20.4 Å². The van der Waals surface area contributed by atoms with E-state index in [2.05, 4.69) is 33.7 Å². The Hall–Kier alpha value is -2.91. The molecule has 172 valence electrons. The molecule has 1 saturated heterocycles. The molecule has 3 N–H and O–H groups in total.